The summed E-state index contributed by atoms with van der Waals surface area (Å²) in [6.07, 6.45) is -4.53. The van der Waals surface area contributed by atoms with Gasteiger partial charge in [0.2, 0.25) is 0 Å². The quantitative estimate of drug-likeness (QED) is 0.450. The number of fused-ring (bicyclic) bond motifs is 1. The molecule has 1 aromatic heterocycles. The Labute approximate surface area is 134 Å². The Balaban J connectivity index is 2.03. The van der Waals surface area contributed by atoms with Crippen molar-refractivity contribution in [2.75, 3.05) is 0 Å². The summed E-state index contributed by atoms with van der Waals surface area (Å²) in [6.45, 7) is 0. The molecule has 3 rings (SSSR count). The fourth-order valence-corrected chi connectivity index (χ4v) is 3.12. The van der Waals surface area contributed by atoms with Gasteiger partial charge in [0.15, 0.2) is 0 Å². The molecule has 1 nitrogen and oxygen atoms in total. The number of alkyl halides is 3. The minimum atomic E-state index is -4.53. The smallest absolute Gasteiger partial charge is 0.243 e. The highest BCUT2D eigenvalue weighted by atomic mass is 32.2. The predicted molar refractivity (Wildman–Crippen MR) is 82.7 cm³/mol. The van der Waals surface area contributed by atoms with Crippen LogP contribution in [0.5, 0.6) is 0 Å². The van der Waals surface area contributed by atoms with E-state index in [1.165, 1.54) is 23.9 Å². The van der Waals surface area contributed by atoms with Crippen molar-refractivity contribution in [3.05, 3.63) is 71.7 Å². The molecule has 0 spiro atoms. The molecule has 6 heteroatoms. The summed E-state index contributed by atoms with van der Waals surface area (Å²) >= 11 is 1.40. The Kier molecular flexibility index (Phi) is 4.26. The number of hydrogen-bond donors (Lipinski definition) is 0. The summed E-state index contributed by atoms with van der Waals surface area (Å²) in [4.78, 5) is 4.54. The molecule has 2 aromatic carbocycles. The lowest BCUT2D eigenvalue weighted by Crippen LogP contribution is -2.09. The van der Waals surface area contributed by atoms with E-state index in [0.717, 1.165) is 17.0 Å². The van der Waals surface area contributed by atoms with Crippen molar-refractivity contribution in [3.63, 3.8) is 0 Å². The zero-order chi connectivity index (χ0) is 16.4. The molecule has 0 aliphatic carbocycles. The van der Waals surface area contributed by atoms with Gasteiger partial charge in [0, 0.05) is 16.0 Å². The highest BCUT2D eigenvalue weighted by Gasteiger charge is 2.33. The molecule has 0 unspecified atom stereocenters. The fourth-order valence-electron chi connectivity index (χ4n) is 2.21. The molecule has 0 N–H and O–H groups in total. The molecule has 1 heterocycles. The molecule has 0 atom stereocenters. The van der Waals surface area contributed by atoms with Crippen molar-refractivity contribution in [1.82, 2.24) is 4.98 Å². The van der Waals surface area contributed by atoms with E-state index in [1.54, 1.807) is 0 Å². The number of rotatable bonds is 3. The van der Waals surface area contributed by atoms with E-state index in [4.69, 9.17) is 0 Å². The third-order valence-electron chi connectivity index (χ3n) is 3.28. The van der Waals surface area contributed by atoms with Crippen LogP contribution in [0, 0.1) is 5.82 Å². The van der Waals surface area contributed by atoms with Gasteiger partial charge in [0.25, 0.3) is 0 Å². The maximum atomic E-state index is 13.5. The SMILES string of the molecule is Fc1ccc2nc(C(F)(F)F)cc(CSc3ccccc3)c2c1. The van der Waals surface area contributed by atoms with Gasteiger partial charge in [-0.1, -0.05) is 18.2 Å². The van der Waals surface area contributed by atoms with Crippen LogP contribution in [0.3, 0.4) is 0 Å². The van der Waals surface area contributed by atoms with E-state index in [9.17, 15) is 17.6 Å². The van der Waals surface area contributed by atoms with Gasteiger partial charge in [-0.2, -0.15) is 13.2 Å². The first kappa shape index (κ1) is 15.8. The molecule has 23 heavy (non-hydrogen) atoms. The highest BCUT2D eigenvalue weighted by molar-refractivity contribution is 7.98. The van der Waals surface area contributed by atoms with Crippen molar-refractivity contribution in [1.29, 1.82) is 0 Å². The Morgan fingerprint density at radius 3 is 2.39 bits per heavy atom. The molecule has 0 saturated carbocycles. The molecule has 0 aliphatic heterocycles. The third-order valence-corrected chi connectivity index (χ3v) is 4.35. The van der Waals surface area contributed by atoms with Crippen LogP contribution >= 0.6 is 11.8 Å². The van der Waals surface area contributed by atoms with Crippen LogP contribution in [0.1, 0.15) is 11.3 Å². The lowest BCUT2D eigenvalue weighted by atomic mass is 10.1. The first-order valence-electron chi connectivity index (χ1n) is 6.78. The standard InChI is InChI=1S/C17H11F4NS/c18-12-6-7-15-14(9-12)11(8-16(22-15)17(19,20)21)10-23-13-4-2-1-3-5-13/h1-9H,10H2. The molecule has 0 bridgehead atoms. The zero-order valence-corrected chi connectivity index (χ0v) is 12.6. The van der Waals surface area contributed by atoms with Crippen molar-refractivity contribution in [2.24, 2.45) is 0 Å². The second kappa shape index (κ2) is 6.20. The Morgan fingerprint density at radius 2 is 1.70 bits per heavy atom. The van der Waals surface area contributed by atoms with Gasteiger partial charge in [-0.15, -0.1) is 11.8 Å². The minimum absolute atomic E-state index is 0.143. The van der Waals surface area contributed by atoms with E-state index in [1.807, 2.05) is 30.3 Å². The van der Waals surface area contributed by atoms with Gasteiger partial charge in [-0.05, 0) is 42.0 Å². The molecule has 0 saturated heterocycles. The Bertz CT molecular complexity index is 831. The number of halogens is 4. The first-order valence-corrected chi connectivity index (χ1v) is 7.76. The average molecular weight is 337 g/mol. The first-order chi connectivity index (χ1) is 10.9. The van der Waals surface area contributed by atoms with Gasteiger partial charge in [-0.3, -0.25) is 0 Å². The third kappa shape index (κ3) is 3.64. The lowest BCUT2D eigenvalue weighted by molar-refractivity contribution is -0.141. The minimum Gasteiger partial charge on any atom is -0.243 e. The van der Waals surface area contributed by atoms with Crippen LogP contribution in [-0.4, -0.2) is 4.98 Å². The van der Waals surface area contributed by atoms with E-state index >= 15 is 0 Å². The second-order valence-electron chi connectivity index (χ2n) is 4.93. The van der Waals surface area contributed by atoms with E-state index in [0.29, 0.717) is 16.7 Å². The fraction of sp³-hybridized carbons (Fsp3) is 0.118. The van der Waals surface area contributed by atoms with E-state index in [-0.39, 0.29) is 5.52 Å². The number of benzene rings is 2. The summed E-state index contributed by atoms with van der Waals surface area (Å²) in [6, 6.07) is 13.9. The van der Waals surface area contributed by atoms with Gasteiger partial charge in [0.05, 0.1) is 5.52 Å². The van der Waals surface area contributed by atoms with Crippen LogP contribution in [0.15, 0.2) is 59.5 Å². The van der Waals surface area contributed by atoms with Crippen LogP contribution in [-0.2, 0) is 11.9 Å². The van der Waals surface area contributed by atoms with Gasteiger partial charge in [0.1, 0.15) is 11.5 Å². The molecular weight excluding hydrogens is 326 g/mol. The van der Waals surface area contributed by atoms with Crippen molar-refractivity contribution < 1.29 is 17.6 Å². The second-order valence-corrected chi connectivity index (χ2v) is 5.98. The summed E-state index contributed by atoms with van der Waals surface area (Å²) < 4.78 is 52.4. The number of aromatic nitrogens is 1. The summed E-state index contributed by atoms with van der Waals surface area (Å²) in [5.41, 5.74) is -0.402. The van der Waals surface area contributed by atoms with Crippen LogP contribution in [0.4, 0.5) is 17.6 Å². The number of nitrogens with zero attached hydrogens (tertiary/aromatic N) is 1. The van der Waals surface area contributed by atoms with E-state index in [2.05, 4.69) is 4.98 Å². The van der Waals surface area contributed by atoms with Crippen LogP contribution < -0.4 is 0 Å². The maximum absolute atomic E-state index is 13.5. The number of thioether (sulfide) groups is 1. The average Bonchev–Trinajstić information content (AvgIpc) is 2.52. The lowest BCUT2D eigenvalue weighted by Gasteiger charge is -2.12. The molecule has 3 aromatic rings. The molecule has 0 amide bonds. The summed E-state index contributed by atoms with van der Waals surface area (Å²) in [5.74, 6) is -0.194. The molecule has 0 radical (unpaired) electrons. The number of pyridine rings is 1. The highest BCUT2D eigenvalue weighted by Crippen LogP contribution is 2.33. The van der Waals surface area contributed by atoms with Crippen LogP contribution in [0.25, 0.3) is 10.9 Å². The van der Waals surface area contributed by atoms with Crippen molar-refractivity contribution in [2.45, 2.75) is 16.8 Å². The zero-order valence-electron chi connectivity index (χ0n) is 11.8. The summed E-state index contributed by atoms with van der Waals surface area (Å²) in [5, 5.41) is 0.404. The van der Waals surface area contributed by atoms with Crippen molar-refractivity contribution >= 4 is 22.7 Å². The van der Waals surface area contributed by atoms with Crippen LogP contribution in [0.2, 0.25) is 0 Å². The topological polar surface area (TPSA) is 12.9 Å². The molecular formula is C17H11F4NS. The van der Waals surface area contributed by atoms with Gasteiger partial charge >= 0.3 is 6.18 Å². The van der Waals surface area contributed by atoms with Gasteiger partial charge < -0.3 is 0 Å². The molecule has 0 aliphatic rings. The van der Waals surface area contributed by atoms with Crippen molar-refractivity contribution in [3.8, 4) is 0 Å². The summed E-state index contributed by atoms with van der Waals surface area (Å²) in [7, 11) is 0. The Morgan fingerprint density at radius 1 is 0.957 bits per heavy atom. The van der Waals surface area contributed by atoms with Gasteiger partial charge in [-0.25, -0.2) is 9.37 Å². The Hall–Kier alpha value is -2.08. The largest absolute Gasteiger partial charge is 0.433 e. The molecule has 0 fully saturated rings. The predicted octanol–water partition coefficient (Wildman–Crippen LogP) is 5.69. The number of hydrogen-bond acceptors (Lipinski definition) is 2. The monoisotopic (exact) mass is 337 g/mol. The normalized spacial score (nSPS) is 11.8. The maximum Gasteiger partial charge on any atom is 0.433 e. The molecule has 118 valence electrons. The van der Waals surface area contributed by atoms with E-state index < -0.39 is 17.7 Å².